The van der Waals surface area contributed by atoms with Gasteiger partial charge in [-0.25, -0.2) is 0 Å². The van der Waals surface area contributed by atoms with Crippen LogP contribution in [-0.4, -0.2) is 37.3 Å². The molecule has 2 aliphatic heterocycles. The minimum Gasteiger partial charge on any atom is -0.370 e. The van der Waals surface area contributed by atoms with Crippen molar-refractivity contribution in [2.45, 2.75) is 44.6 Å². The SMILES string of the molecule is CC1(C)OC[C@H]([C@@H](OCc2ccccc2)C2CO2)O1. The molecule has 0 amide bonds. The first kappa shape index (κ1) is 13.1. The van der Waals surface area contributed by atoms with Crippen molar-refractivity contribution >= 4 is 0 Å². The van der Waals surface area contributed by atoms with E-state index in [1.165, 1.54) is 0 Å². The van der Waals surface area contributed by atoms with Crippen molar-refractivity contribution in [2.75, 3.05) is 13.2 Å². The molecule has 4 nitrogen and oxygen atoms in total. The number of hydrogen-bond donors (Lipinski definition) is 0. The molecular formula is C15H20O4. The van der Waals surface area contributed by atoms with Crippen LogP contribution in [-0.2, 0) is 25.6 Å². The van der Waals surface area contributed by atoms with Gasteiger partial charge in [0.2, 0.25) is 0 Å². The average Bonchev–Trinajstić information content (AvgIpc) is 3.16. The Hall–Kier alpha value is -0.940. The molecule has 2 heterocycles. The molecular weight excluding hydrogens is 244 g/mol. The van der Waals surface area contributed by atoms with E-state index in [0.717, 1.165) is 12.2 Å². The summed E-state index contributed by atoms with van der Waals surface area (Å²) in [4.78, 5) is 0. The molecule has 3 atom stereocenters. The van der Waals surface area contributed by atoms with E-state index in [1.54, 1.807) is 0 Å². The first-order valence-corrected chi connectivity index (χ1v) is 6.73. The third-order valence-corrected chi connectivity index (χ3v) is 3.41. The van der Waals surface area contributed by atoms with E-state index in [4.69, 9.17) is 18.9 Å². The van der Waals surface area contributed by atoms with Crippen LogP contribution in [0.15, 0.2) is 30.3 Å². The molecule has 104 valence electrons. The second kappa shape index (κ2) is 5.21. The largest absolute Gasteiger partial charge is 0.370 e. The lowest BCUT2D eigenvalue weighted by atomic mass is 10.1. The van der Waals surface area contributed by atoms with Gasteiger partial charge in [0.25, 0.3) is 0 Å². The van der Waals surface area contributed by atoms with Crippen LogP contribution in [0.4, 0.5) is 0 Å². The van der Waals surface area contributed by atoms with E-state index in [1.807, 2.05) is 32.0 Å². The van der Waals surface area contributed by atoms with Crippen LogP contribution in [0, 0.1) is 0 Å². The van der Waals surface area contributed by atoms with Gasteiger partial charge in [0.1, 0.15) is 18.3 Å². The van der Waals surface area contributed by atoms with E-state index < -0.39 is 5.79 Å². The zero-order valence-electron chi connectivity index (χ0n) is 11.4. The van der Waals surface area contributed by atoms with Gasteiger partial charge in [-0.15, -0.1) is 0 Å². The van der Waals surface area contributed by atoms with Crippen LogP contribution < -0.4 is 0 Å². The van der Waals surface area contributed by atoms with E-state index in [0.29, 0.717) is 13.2 Å². The molecule has 4 heteroatoms. The molecule has 0 saturated carbocycles. The molecule has 3 rings (SSSR count). The lowest BCUT2D eigenvalue weighted by Gasteiger charge is -2.23. The predicted molar refractivity (Wildman–Crippen MR) is 69.7 cm³/mol. The van der Waals surface area contributed by atoms with Gasteiger partial charge in [-0.05, 0) is 19.4 Å². The molecule has 1 aromatic rings. The summed E-state index contributed by atoms with van der Waals surface area (Å²) in [6.45, 7) is 5.74. The fraction of sp³-hybridized carbons (Fsp3) is 0.600. The number of ether oxygens (including phenoxy) is 4. The molecule has 2 fully saturated rings. The van der Waals surface area contributed by atoms with Crippen LogP contribution in [0.3, 0.4) is 0 Å². The molecule has 0 bridgehead atoms. The summed E-state index contributed by atoms with van der Waals surface area (Å²) in [5.74, 6) is -0.520. The molecule has 2 saturated heterocycles. The normalized spacial score (nSPS) is 30.2. The first-order valence-electron chi connectivity index (χ1n) is 6.73. The Labute approximate surface area is 113 Å². The van der Waals surface area contributed by atoms with Crippen LogP contribution in [0.25, 0.3) is 0 Å². The zero-order chi connectivity index (χ0) is 13.3. The summed E-state index contributed by atoms with van der Waals surface area (Å²) in [6.07, 6.45) is 0.0411. The predicted octanol–water partition coefficient (Wildman–Crippen LogP) is 2.12. The Morgan fingerprint density at radius 2 is 1.95 bits per heavy atom. The van der Waals surface area contributed by atoms with Crippen molar-refractivity contribution in [1.82, 2.24) is 0 Å². The highest BCUT2D eigenvalue weighted by molar-refractivity contribution is 5.13. The minimum absolute atomic E-state index is 0.0498. The Kier molecular flexibility index (Phi) is 3.58. The van der Waals surface area contributed by atoms with E-state index in [-0.39, 0.29) is 18.3 Å². The molecule has 2 aliphatic rings. The first-order chi connectivity index (χ1) is 9.14. The van der Waals surface area contributed by atoms with E-state index in [9.17, 15) is 0 Å². The minimum atomic E-state index is -0.520. The summed E-state index contributed by atoms with van der Waals surface area (Å²) in [7, 11) is 0. The van der Waals surface area contributed by atoms with Crippen LogP contribution in [0.1, 0.15) is 19.4 Å². The quantitative estimate of drug-likeness (QED) is 0.764. The highest BCUT2D eigenvalue weighted by atomic mass is 16.8. The Morgan fingerprint density at radius 1 is 1.21 bits per heavy atom. The van der Waals surface area contributed by atoms with Crippen molar-refractivity contribution in [3.05, 3.63) is 35.9 Å². The Balaban J connectivity index is 1.59. The van der Waals surface area contributed by atoms with Crippen molar-refractivity contribution in [3.8, 4) is 0 Å². The van der Waals surface area contributed by atoms with Gasteiger partial charge in [0.15, 0.2) is 5.79 Å². The zero-order valence-corrected chi connectivity index (χ0v) is 11.4. The second-order valence-electron chi connectivity index (χ2n) is 5.50. The molecule has 19 heavy (non-hydrogen) atoms. The smallest absolute Gasteiger partial charge is 0.163 e. The molecule has 0 N–H and O–H groups in total. The monoisotopic (exact) mass is 264 g/mol. The summed E-state index contributed by atoms with van der Waals surface area (Å²) < 4.78 is 22.9. The number of epoxide rings is 1. The summed E-state index contributed by atoms with van der Waals surface area (Å²) in [6, 6.07) is 10.1. The maximum atomic E-state index is 6.00. The lowest BCUT2D eigenvalue weighted by Crippen LogP contribution is -2.37. The molecule has 0 aromatic heterocycles. The van der Waals surface area contributed by atoms with E-state index in [2.05, 4.69) is 12.1 Å². The fourth-order valence-electron chi connectivity index (χ4n) is 2.34. The third-order valence-electron chi connectivity index (χ3n) is 3.41. The van der Waals surface area contributed by atoms with Crippen molar-refractivity contribution in [1.29, 1.82) is 0 Å². The molecule has 0 aliphatic carbocycles. The van der Waals surface area contributed by atoms with Crippen molar-refractivity contribution in [3.63, 3.8) is 0 Å². The van der Waals surface area contributed by atoms with Crippen LogP contribution in [0.2, 0.25) is 0 Å². The fourth-order valence-corrected chi connectivity index (χ4v) is 2.34. The molecule has 1 aromatic carbocycles. The van der Waals surface area contributed by atoms with Gasteiger partial charge in [0.05, 0.1) is 19.8 Å². The van der Waals surface area contributed by atoms with Gasteiger partial charge in [-0.2, -0.15) is 0 Å². The van der Waals surface area contributed by atoms with Gasteiger partial charge in [-0.1, -0.05) is 30.3 Å². The number of benzene rings is 1. The average molecular weight is 264 g/mol. The number of hydrogen-bond acceptors (Lipinski definition) is 4. The molecule has 0 radical (unpaired) electrons. The standard InChI is InChI=1S/C15H20O4/c1-15(2)18-10-13(19-15)14(12-9-16-12)17-8-11-6-4-3-5-7-11/h3-7,12-14H,8-10H2,1-2H3/t12?,13-,14+/m1/s1. The number of rotatable bonds is 5. The maximum Gasteiger partial charge on any atom is 0.163 e. The van der Waals surface area contributed by atoms with Crippen LogP contribution in [0.5, 0.6) is 0 Å². The Bertz CT molecular complexity index is 413. The Morgan fingerprint density at radius 3 is 2.53 bits per heavy atom. The van der Waals surface area contributed by atoms with Gasteiger partial charge < -0.3 is 18.9 Å². The third kappa shape index (κ3) is 3.34. The highest BCUT2D eigenvalue weighted by Gasteiger charge is 2.45. The van der Waals surface area contributed by atoms with Crippen molar-refractivity contribution < 1.29 is 18.9 Å². The summed E-state index contributed by atoms with van der Waals surface area (Å²) in [5.41, 5.74) is 1.16. The van der Waals surface area contributed by atoms with Gasteiger partial charge in [0, 0.05) is 0 Å². The van der Waals surface area contributed by atoms with Crippen LogP contribution >= 0.6 is 0 Å². The molecule has 1 unspecified atom stereocenters. The second-order valence-corrected chi connectivity index (χ2v) is 5.50. The molecule has 0 spiro atoms. The van der Waals surface area contributed by atoms with E-state index >= 15 is 0 Å². The highest BCUT2D eigenvalue weighted by Crippen LogP contribution is 2.31. The van der Waals surface area contributed by atoms with Gasteiger partial charge >= 0.3 is 0 Å². The maximum absolute atomic E-state index is 6.00. The van der Waals surface area contributed by atoms with Crippen molar-refractivity contribution in [2.24, 2.45) is 0 Å². The topological polar surface area (TPSA) is 40.2 Å². The van der Waals surface area contributed by atoms with Gasteiger partial charge in [-0.3, -0.25) is 0 Å². The summed E-state index contributed by atoms with van der Waals surface area (Å²) in [5, 5.41) is 0. The lowest BCUT2D eigenvalue weighted by molar-refractivity contribution is -0.160. The summed E-state index contributed by atoms with van der Waals surface area (Å²) >= 11 is 0.